The largest absolute Gasteiger partial charge is 0.372 e. The molecule has 0 aliphatic carbocycles. The van der Waals surface area contributed by atoms with Crippen LogP contribution in [0.25, 0.3) is 22.4 Å². The molecule has 0 fully saturated rings. The molecule has 0 aliphatic heterocycles. The molecule has 0 saturated carbocycles. The van der Waals surface area contributed by atoms with Gasteiger partial charge in [0.1, 0.15) is 12.5 Å². The number of hydrogen-bond acceptors (Lipinski definition) is 2. The van der Waals surface area contributed by atoms with Crippen molar-refractivity contribution in [1.29, 1.82) is 0 Å². The maximum absolute atomic E-state index is 12.4. The van der Waals surface area contributed by atoms with E-state index in [1.807, 2.05) is 43.3 Å². The Morgan fingerprint density at radius 1 is 1.18 bits per heavy atom. The number of fused-ring (bicyclic) bond motifs is 1. The minimum atomic E-state index is -0.346. The van der Waals surface area contributed by atoms with Gasteiger partial charge in [-0.1, -0.05) is 0 Å². The van der Waals surface area contributed by atoms with Crippen molar-refractivity contribution < 1.29 is 4.39 Å². The average molecular weight is 409 g/mol. The Labute approximate surface area is 142 Å². The smallest absolute Gasteiger partial charge is 0.140 e. The molecule has 0 unspecified atom stereocenters. The fourth-order valence-corrected chi connectivity index (χ4v) is 3.03. The van der Waals surface area contributed by atoms with Crippen LogP contribution in [0.3, 0.4) is 0 Å². The molecule has 1 heterocycles. The molecule has 3 rings (SSSR count). The van der Waals surface area contributed by atoms with Gasteiger partial charge in [0.25, 0.3) is 0 Å². The number of aryl methyl sites for hydroxylation is 1. The third-order valence-corrected chi connectivity index (χ3v) is 4.50. The van der Waals surface area contributed by atoms with E-state index in [9.17, 15) is 4.39 Å². The number of halogens is 2. The normalized spacial score (nSPS) is 11.1. The monoisotopic (exact) mass is 409 g/mol. The lowest BCUT2D eigenvalue weighted by atomic mass is 10.2. The van der Waals surface area contributed by atoms with Crippen LogP contribution < -0.4 is 4.90 Å². The van der Waals surface area contributed by atoms with Gasteiger partial charge in [0.15, 0.2) is 0 Å². The number of alkyl halides is 1. The predicted molar refractivity (Wildman–Crippen MR) is 98.1 cm³/mol. The van der Waals surface area contributed by atoms with Crippen LogP contribution >= 0.6 is 22.6 Å². The topological polar surface area (TPSA) is 21.1 Å². The molecule has 2 aromatic carbocycles. The molecule has 114 valence electrons. The second-order valence-electron chi connectivity index (χ2n) is 5.28. The van der Waals surface area contributed by atoms with Gasteiger partial charge in [-0.2, -0.15) is 0 Å². The molecule has 22 heavy (non-hydrogen) atoms. The van der Waals surface area contributed by atoms with Crippen molar-refractivity contribution in [2.75, 3.05) is 25.2 Å². The molecule has 0 aliphatic rings. The van der Waals surface area contributed by atoms with Crippen molar-refractivity contribution in [1.82, 2.24) is 9.55 Å². The van der Waals surface area contributed by atoms with Crippen molar-refractivity contribution in [2.24, 2.45) is 7.05 Å². The lowest BCUT2D eigenvalue weighted by Gasteiger charge is -2.17. The number of hydrogen-bond donors (Lipinski definition) is 0. The molecule has 1 aromatic heterocycles. The van der Waals surface area contributed by atoms with Crippen molar-refractivity contribution >= 4 is 39.3 Å². The van der Waals surface area contributed by atoms with Crippen LogP contribution in [-0.4, -0.2) is 29.8 Å². The van der Waals surface area contributed by atoms with Gasteiger partial charge in [0.2, 0.25) is 0 Å². The first kappa shape index (κ1) is 15.3. The summed E-state index contributed by atoms with van der Waals surface area (Å²) in [6.45, 7) is 0.0612. The summed E-state index contributed by atoms with van der Waals surface area (Å²) >= 11 is 2.30. The van der Waals surface area contributed by atoms with E-state index in [0.29, 0.717) is 6.54 Å². The fraction of sp³-hybridized carbons (Fsp3) is 0.235. The van der Waals surface area contributed by atoms with E-state index in [0.717, 1.165) is 28.1 Å². The molecule has 0 spiro atoms. The van der Waals surface area contributed by atoms with Crippen LogP contribution in [0.5, 0.6) is 0 Å². The minimum absolute atomic E-state index is 0.346. The van der Waals surface area contributed by atoms with Crippen LogP contribution in [0.4, 0.5) is 10.1 Å². The zero-order valence-electron chi connectivity index (χ0n) is 12.6. The molecule has 0 saturated heterocycles. The number of aromatic nitrogens is 2. The van der Waals surface area contributed by atoms with Crippen LogP contribution in [0.2, 0.25) is 0 Å². The molecule has 3 aromatic rings. The van der Waals surface area contributed by atoms with Gasteiger partial charge >= 0.3 is 0 Å². The van der Waals surface area contributed by atoms with Gasteiger partial charge in [-0.25, -0.2) is 9.37 Å². The Hall–Kier alpha value is -1.63. The van der Waals surface area contributed by atoms with E-state index >= 15 is 0 Å². The Morgan fingerprint density at radius 2 is 1.91 bits per heavy atom. The summed E-state index contributed by atoms with van der Waals surface area (Å²) in [7, 11) is 3.92. The second kappa shape index (κ2) is 6.24. The minimum Gasteiger partial charge on any atom is -0.372 e. The van der Waals surface area contributed by atoms with Crippen LogP contribution in [0, 0.1) is 3.57 Å². The van der Waals surface area contributed by atoms with E-state index in [4.69, 9.17) is 4.98 Å². The molecular formula is C17H17FIN3. The van der Waals surface area contributed by atoms with Gasteiger partial charge in [-0.05, 0) is 65.1 Å². The maximum atomic E-state index is 12.4. The third-order valence-electron chi connectivity index (χ3n) is 3.83. The molecule has 0 bridgehead atoms. The van der Waals surface area contributed by atoms with Crippen molar-refractivity contribution in [2.45, 2.75) is 0 Å². The highest BCUT2D eigenvalue weighted by Crippen LogP contribution is 2.26. The maximum Gasteiger partial charge on any atom is 0.140 e. The van der Waals surface area contributed by atoms with E-state index < -0.39 is 0 Å². The molecule has 0 amide bonds. The standard InChI is InChI=1S/C17H17FIN3/c1-21(10-9-18)14-6-3-12(4-7-14)17-20-15-11-13(19)5-8-16(15)22(17)2/h3-8,11H,9-10H2,1-2H3. The van der Waals surface area contributed by atoms with E-state index in [1.54, 1.807) is 0 Å². The van der Waals surface area contributed by atoms with Gasteiger partial charge in [0, 0.05) is 35.5 Å². The van der Waals surface area contributed by atoms with Crippen molar-refractivity contribution in [3.63, 3.8) is 0 Å². The zero-order chi connectivity index (χ0) is 15.7. The fourth-order valence-electron chi connectivity index (χ4n) is 2.55. The Balaban J connectivity index is 1.99. The summed E-state index contributed by atoms with van der Waals surface area (Å²) in [6, 6.07) is 14.4. The van der Waals surface area contributed by atoms with Crippen molar-refractivity contribution in [3.05, 3.63) is 46.0 Å². The summed E-state index contributed by atoms with van der Waals surface area (Å²) < 4.78 is 15.7. The Morgan fingerprint density at radius 3 is 2.59 bits per heavy atom. The zero-order valence-corrected chi connectivity index (χ0v) is 14.7. The Kier molecular flexibility index (Phi) is 4.33. The lowest BCUT2D eigenvalue weighted by Crippen LogP contribution is -2.19. The highest BCUT2D eigenvalue weighted by molar-refractivity contribution is 14.1. The molecular weight excluding hydrogens is 392 g/mol. The predicted octanol–water partition coefficient (Wildman–Crippen LogP) is 4.25. The number of nitrogens with zero attached hydrogens (tertiary/aromatic N) is 3. The molecule has 0 N–H and O–H groups in total. The summed E-state index contributed by atoms with van der Waals surface area (Å²) in [5.74, 6) is 0.941. The lowest BCUT2D eigenvalue weighted by molar-refractivity contribution is 0.497. The molecule has 0 radical (unpaired) electrons. The van der Waals surface area contributed by atoms with Gasteiger partial charge in [-0.3, -0.25) is 0 Å². The molecule has 0 atom stereocenters. The highest BCUT2D eigenvalue weighted by atomic mass is 127. The van der Waals surface area contributed by atoms with E-state index in [-0.39, 0.29) is 6.67 Å². The van der Waals surface area contributed by atoms with Gasteiger partial charge in [0.05, 0.1) is 11.0 Å². The van der Waals surface area contributed by atoms with Crippen LogP contribution in [0.15, 0.2) is 42.5 Å². The third kappa shape index (κ3) is 2.82. The number of imidazole rings is 1. The first-order valence-electron chi connectivity index (χ1n) is 7.09. The van der Waals surface area contributed by atoms with Gasteiger partial charge < -0.3 is 9.47 Å². The average Bonchev–Trinajstić information content (AvgIpc) is 2.84. The molecule has 5 heteroatoms. The summed E-state index contributed by atoms with van der Waals surface area (Å²) in [5.41, 5.74) is 4.19. The number of rotatable bonds is 4. The summed E-state index contributed by atoms with van der Waals surface area (Å²) in [6.07, 6.45) is 0. The number of benzene rings is 2. The first-order valence-corrected chi connectivity index (χ1v) is 8.17. The van der Waals surface area contributed by atoms with Crippen LogP contribution in [0.1, 0.15) is 0 Å². The SMILES string of the molecule is CN(CCF)c1ccc(-c2nc3cc(I)ccc3n2C)cc1. The highest BCUT2D eigenvalue weighted by Gasteiger charge is 2.10. The Bertz CT molecular complexity index is 796. The second-order valence-corrected chi connectivity index (χ2v) is 6.53. The van der Waals surface area contributed by atoms with E-state index in [1.165, 1.54) is 3.57 Å². The summed E-state index contributed by atoms with van der Waals surface area (Å²) in [4.78, 5) is 6.64. The van der Waals surface area contributed by atoms with Gasteiger partial charge in [-0.15, -0.1) is 0 Å². The van der Waals surface area contributed by atoms with Crippen molar-refractivity contribution in [3.8, 4) is 11.4 Å². The first-order chi connectivity index (χ1) is 10.6. The van der Waals surface area contributed by atoms with E-state index in [2.05, 4.69) is 45.4 Å². The number of anilines is 1. The molecule has 3 nitrogen and oxygen atoms in total. The summed E-state index contributed by atoms with van der Waals surface area (Å²) in [5, 5.41) is 0. The van der Waals surface area contributed by atoms with Crippen LogP contribution in [-0.2, 0) is 7.05 Å². The quantitative estimate of drug-likeness (QED) is 0.601.